The van der Waals surface area contributed by atoms with Gasteiger partial charge in [-0.3, -0.25) is 9.59 Å². The van der Waals surface area contributed by atoms with Crippen LogP contribution in [0.3, 0.4) is 0 Å². The number of aryl methyl sites for hydroxylation is 1. The molecule has 82 valence electrons. The van der Waals surface area contributed by atoms with Crippen LogP contribution >= 0.6 is 0 Å². The van der Waals surface area contributed by atoms with E-state index in [1.807, 2.05) is 25.1 Å². The largest absolute Gasteiger partial charge is 0.481 e. The molecule has 0 aromatic heterocycles. The summed E-state index contributed by atoms with van der Waals surface area (Å²) in [5, 5.41) is 11.8. The molecule has 0 saturated heterocycles. The summed E-state index contributed by atoms with van der Waals surface area (Å²) in [6.45, 7) is 1.94. The third-order valence-electron chi connectivity index (χ3n) is 3.57. The van der Waals surface area contributed by atoms with Crippen molar-refractivity contribution in [2.24, 2.45) is 5.92 Å². The summed E-state index contributed by atoms with van der Waals surface area (Å²) in [5.74, 6) is -1.61. The van der Waals surface area contributed by atoms with E-state index in [2.05, 4.69) is 5.32 Å². The van der Waals surface area contributed by atoms with Crippen LogP contribution in [0.25, 0.3) is 0 Å². The summed E-state index contributed by atoms with van der Waals surface area (Å²) >= 11 is 0. The van der Waals surface area contributed by atoms with Crippen LogP contribution in [-0.2, 0) is 15.0 Å². The molecule has 2 aliphatic rings. The Kier molecular flexibility index (Phi) is 1.55. The van der Waals surface area contributed by atoms with Crippen molar-refractivity contribution in [2.75, 3.05) is 5.32 Å². The molecule has 1 saturated carbocycles. The van der Waals surface area contributed by atoms with Gasteiger partial charge in [0.1, 0.15) is 0 Å². The van der Waals surface area contributed by atoms with E-state index in [4.69, 9.17) is 5.11 Å². The van der Waals surface area contributed by atoms with E-state index < -0.39 is 17.3 Å². The standard InChI is InChI=1S/C12H11NO3/c1-6-2-3-7-9(4-6)13-11(16)12(7)5-8(12)10(14)15/h2-4,8H,5H2,1H3,(H,13,16)(H,14,15). The van der Waals surface area contributed by atoms with Crippen molar-refractivity contribution in [1.82, 2.24) is 0 Å². The number of fused-ring (bicyclic) bond motifs is 2. The lowest BCUT2D eigenvalue weighted by atomic mass is 9.94. The molecule has 4 heteroatoms. The number of hydrogen-bond donors (Lipinski definition) is 2. The van der Waals surface area contributed by atoms with E-state index in [1.54, 1.807) is 0 Å². The fourth-order valence-corrected chi connectivity index (χ4v) is 2.62. The van der Waals surface area contributed by atoms with Crippen molar-refractivity contribution in [1.29, 1.82) is 0 Å². The van der Waals surface area contributed by atoms with Gasteiger partial charge in [-0.2, -0.15) is 0 Å². The number of nitrogens with one attached hydrogen (secondary N) is 1. The van der Waals surface area contributed by atoms with Crippen molar-refractivity contribution in [3.63, 3.8) is 0 Å². The van der Waals surface area contributed by atoms with E-state index >= 15 is 0 Å². The Morgan fingerprint density at radius 2 is 2.31 bits per heavy atom. The first-order chi connectivity index (χ1) is 7.55. The summed E-state index contributed by atoms with van der Waals surface area (Å²) in [6, 6.07) is 5.67. The first kappa shape index (κ1) is 9.39. The Balaban J connectivity index is 2.12. The normalized spacial score (nSPS) is 30.1. The Labute approximate surface area is 92.3 Å². The monoisotopic (exact) mass is 217 g/mol. The summed E-state index contributed by atoms with van der Waals surface area (Å²) in [5.41, 5.74) is 1.89. The number of carboxylic acid groups (broad SMARTS) is 1. The first-order valence-electron chi connectivity index (χ1n) is 5.21. The molecule has 1 amide bonds. The minimum absolute atomic E-state index is 0.166. The Morgan fingerprint density at radius 1 is 1.56 bits per heavy atom. The Morgan fingerprint density at radius 3 is 2.94 bits per heavy atom. The Bertz CT molecular complexity index is 523. The minimum Gasteiger partial charge on any atom is -0.481 e. The van der Waals surface area contributed by atoms with Gasteiger partial charge in [0.15, 0.2) is 0 Å². The van der Waals surface area contributed by atoms with Crippen LogP contribution in [0.15, 0.2) is 18.2 Å². The van der Waals surface area contributed by atoms with Crippen molar-refractivity contribution in [3.8, 4) is 0 Å². The number of amides is 1. The smallest absolute Gasteiger partial charge is 0.307 e. The van der Waals surface area contributed by atoms with Gasteiger partial charge in [-0.1, -0.05) is 12.1 Å². The summed E-state index contributed by atoms with van der Waals surface area (Å²) in [7, 11) is 0. The highest BCUT2D eigenvalue weighted by Crippen LogP contribution is 2.60. The maximum atomic E-state index is 11.9. The van der Waals surface area contributed by atoms with E-state index in [9.17, 15) is 9.59 Å². The molecule has 1 fully saturated rings. The quantitative estimate of drug-likeness (QED) is 0.744. The highest BCUT2D eigenvalue weighted by Gasteiger charge is 2.68. The second kappa shape index (κ2) is 2.64. The van der Waals surface area contributed by atoms with E-state index in [-0.39, 0.29) is 5.91 Å². The van der Waals surface area contributed by atoms with Crippen LogP contribution in [0, 0.1) is 12.8 Å². The summed E-state index contributed by atoms with van der Waals surface area (Å²) in [6.07, 6.45) is 0.421. The molecule has 4 nitrogen and oxygen atoms in total. The molecule has 1 aliphatic heterocycles. The minimum atomic E-state index is -0.886. The highest BCUT2D eigenvalue weighted by molar-refractivity contribution is 6.12. The van der Waals surface area contributed by atoms with E-state index in [1.165, 1.54) is 0 Å². The van der Waals surface area contributed by atoms with Gasteiger partial charge in [-0.15, -0.1) is 0 Å². The van der Waals surface area contributed by atoms with Gasteiger partial charge in [-0.05, 0) is 30.5 Å². The van der Waals surface area contributed by atoms with E-state index in [0.717, 1.165) is 16.8 Å². The SMILES string of the molecule is Cc1ccc2c(c1)NC(=O)C21CC1C(=O)O. The second-order valence-electron chi connectivity index (χ2n) is 4.57. The lowest BCUT2D eigenvalue weighted by molar-refractivity contribution is -0.140. The molecule has 1 aliphatic carbocycles. The summed E-state index contributed by atoms with van der Waals surface area (Å²) < 4.78 is 0. The number of benzene rings is 1. The molecular weight excluding hydrogens is 206 g/mol. The number of carbonyl (C=O) groups excluding carboxylic acids is 1. The Hall–Kier alpha value is -1.84. The lowest BCUT2D eigenvalue weighted by Gasteiger charge is -2.05. The number of rotatable bonds is 1. The topological polar surface area (TPSA) is 66.4 Å². The average Bonchev–Trinajstić information content (AvgIpc) is 2.88. The van der Waals surface area contributed by atoms with Crippen LogP contribution in [0.2, 0.25) is 0 Å². The zero-order valence-corrected chi connectivity index (χ0v) is 8.78. The third-order valence-corrected chi connectivity index (χ3v) is 3.57. The fourth-order valence-electron chi connectivity index (χ4n) is 2.62. The number of hydrogen-bond acceptors (Lipinski definition) is 2. The van der Waals surface area contributed by atoms with Gasteiger partial charge in [0, 0.05) is 5.69 Å². The van der Waals surface area contributed by atoms with Gasteiger partial charge in [-0.25, -0.2) is 0 Å². The number of aliphatic carboxylic acids is 1. The number of anilines is 1. The third kappa shape index (κ3) is 0.939. The maximum Gasteiger partial charge on any atom is 0.307 e. The molecule has 1 spiro atoms. The van der Waals surface area contributed by atoms with Crippen molar-refractivity contribution < 1.29 is 14.7 Å². The zero-order chi connectivity index (χ0) is 11.5. The first-order valence-corrected chi connectivity index (χ1v) is 5.21. The molecule has 3 rings (SSSR count). The molecule has 0 bridgehead atoms. The molecule has 0 radical (unpaired) electrons. The van der Waals surface area contributed by atoms with Crippen LogP contribution in [0.4, 0.5) is 5.69 Å². The summed E-state index contributed by atoms with van der Waals surface area (Å²) in [4.78, 5) is 22.8. The molecule has 16 heavy (non-hydrogen) atoms. The second-order valence-corrected chi connectivity index (χ2v) is 4.57. The van der Waals surface area contributed by atoms with Gasteiger partial charge >= 0.3 is 5.97 Å². The highest BCUT2D eigenvalue weighted by atomic mass is 16.4. The molecule has 1 aromatic rings. The van der Waals surface area contributed by atoms with Gasteiger partial charge in [0.2, 0.25) is 5.91 Å². The lowest BCUT2D eigenvalue weighted by Crippen LogP contribution is -2.24. The van der Waals surface area contributed by atoms with Crippen LogP contribution in [-0.4, -0.2) is 17.0 Å². The van der Waals surface area contributed by atoms with Crippen LogP contribution < -0.4 is 5.32 Å². The number of carbonyl (C=O) groups is 2. The maximum absolute atomic E-state index is 11.9. The molecular formula is C12H11NO3. The van der Waals surface area contributed by atoms with E-state index in [0.29, 0.717) is 6.42 Å². The number of carboxylic acids is 1. The van der Waals surface area contributed by atoms with Crippen LogP contribution in [0.5, 0.6) is 0 Å². The van der Waals surface area contributed by atoms with Gasteiger partial charge in [0.25, 0.3) is 0 Å². The van der Waals surface area contributed by atoms with Gasteiger partial charge < -0.3 is 10.4 Å². The molecule has 2 N–H and O–H groups in total. The average molecular weight is 217 g/mol. The predicted molar refractivity (Wildman–Crippen MR) is 57.2 cm³/mol. The van der Waals surface area contributed by atoms with Crippen molar-refractivity contribution in [2.45, 2.75) is 18.8 Å². The molecule has 1 aromatic carbocycles. The molecule has 2 atom stereocenters. The van der Waals surface area contributed by atoms with Crippen molar-refractivity contribution >= 4 is 17.6 Å². The predicted octanol–water partition coefficient (Wildman–Crippen LogP) is 1.29. The zero-order valence-electron chi connectivity index (χ0n) is 8.78. The van der Waals surface area contributed by atoms with Crippen LogP contribution in [0.1, 0.15) is 17.5 Å². The fraction of sp³-hybridized carbons (Fsp3) is 0.333. The van der Waals surface area contributed by atoms with Gasteiger partial charge in [0.05, 0.1) is 11.3 Å². The molecule has 2 unspecified atom stereocenters. The van der Waals surface area contributed by atoms with Crippen molar-refractivity contribution in [3.05, 3.63) is 29.3 Å². The molecule has 1 heterocycles.